The Hall–Kier alpha value is -1.51. The Morgan fingerprint density at radius 1 is 1.24 bits per heavy atom. The van der Waals surface area contributed by atoms with E-state index in [0.717, 1.165) is 0 Å². The number of nitrogens with zero attached hydrogens (tertiary/aromatic N) is 1. The largest absolute Gasteiger partial charge is 0.207 e. The van der Waals surface area contributed by atoms with Gasteiger partial charge in [0, 0.05) is 5.56 Å². The van der Waals surface area contributed by atoms with Gasteiger partial charge in [-0.25, -0.2) is 4.39 Å². The predicted molar refractivity (Wildman–Crippen MR) is 67.5 cm³/mol. The molecule has 0 aliphatic heterocycles. The van der Waals surface area contributed by atoms with Crippen LogP contribution in [-0.2, 0) is 0 Å². The molecule has 90 valence electrons. The standard InChI is InChI=1S/C14H16FNO/c15-13-8-9-14(16-17)12(10-13)7-6-11-4-2-1-3-5-11/h6-11H,1-5H2/b7-6+. The van der Waals surface area contributed by atoms with Crippen molar-refractivity contribution in [3.63, 3.8) is 0 Å². The van der Waals surface area contributed by atoms with Crippen LogP contribution >= 0.6 is 0 Å². The van der Waals surface area contributed by atoms with Gasteiger partial charge in [0.2, 0.25) is 0 Å². The van der Waals surface area contributed by atoms with Crippen molar-refractivity contribution >= 4 is 11.8 Å². The molecule has 0 N–H and O–H groups in total. The lowest BCUT2D eigenvalue weighted by atomic mass is 9.88. The van der Waals surface area contributed by atoms with Crippen LogP contribution in [0.25, 0.3) is 6.08 Å². The van der Waals surface area contributed by atoms with E-state index in [2.05, 4.69) is 11.3 Å². The van der Waals surface area contributed by atoms with Gasteiger partial charge in [-0.05, 0) is 42.1 Å². The predicted octanol–water partition coefficient (Wildman–Crippen LogP) is 4.82. The first-order valence-electron chi connectivity index (χ1n) is 6.11. The SMILES string of the molecule is O=Nc1ccc(F)cc1/C=C/C1CCCCC1. The second-order valence-corrected chi connectivity index (χ2v) is 4.55. The molecule has 0 atom stereocenters. The highest BCUT2D eigenvalue weighted by molar-refractivity contribution is 5.63. The van der Waals surface area contributed by atoms with Gasteiger partial charge in [0.05, 0.1) is 0 Å². The maximum Gasteiger partial charge on any atom is 0.123 e. The first-order chi connectivity index (χ1) is 8.29. The van der Waals surface area contributed by atoms with Crippen LogP contribution in [0, 0.1) is 16.6 Å². The Morgan fingerprint density at radius 2 is 2.00 bits per heavy atom. The van der Waals surface area contributed by atoms with E-state index in [1.165, 1.54) is 50.3 Å². The molecule has 1 aromatic carbocycles. The maximum atomic E-state index is 13.1. The number of allylic oxidation sites excluding steroid dienone is 1. The van der Waals surface area contributed by atoms with Gasteiger partial charge in [-0.3, -0.25) is 0 Å². The van der Waals surface area contributed by atoms with Crippen LogP contribution in [0.15, 0.2) is 29.5 Å². The van der Waals surface area contributed by atoms with E-state index in [1.807, 2.05) is 6.08 Å². The van der Waals surface area contributed by atoms with Crippen LogP contribution in [0.3, 0.4) is 0 Å². The topological polar surface area (TPSA) is 29.4 Å². The van der Waals surface area contributed by atoms with Gasteiger partial charge in [-0.2, -0.15) is 0 Å². The molecule has 0 amide bonds. The minimum atomic E-state index is -0.333. The molecule has 0 spiro atoms. The molecule has 0 radical (unpaired) electrons. The van der Waals surface area contributed by atoms with E-state index in [1.54, 1.807) is 0 Å². The Labute approximate surface area is 101 Å². The summed E-state index contributed by atoms with van der Waals surface area (Å²) >= 11 is 0. The van der Waals surface area contributed by atoms with Crippen molar-refractivity contribution in [1.82, 2.24) is 0 Å². The quantitative estimate of drug-likeness (QED) is 0.688. The smallest absolute Gasteiger partial charge is 0.123 e. The second kappa shape index (κ2) is 5.71. The summed E-state index contributed by atoms with van der Waals surface area (Å²) in [5, 5.41) is 2.91. The van der Waals surface area contributed by atoms with Crippen molar-refractivity contribution in [3.8, 4) is 0 Å². The molecule has 1 aromatic rings. The van der Waals surface area contributed by atoms with Gasteiger partial charge < -0.3 is 0 Å². The van der Waals surface area contributed by atoms with Crippen LogP contribution in [-0.4, -0.2) is 0 Å². The lowest BCUT2D eigenvalue weighted by Gasteiger charge is -2.17. The molecule has 1 fully saturated rings. The van der Waals surface area contributed by atoms with Crippen LogP contribution in [0.1, 0.15) is 37.7 Å². The van der Waals surface area contributed by atoms with Crippen molar-refractivity contribution < 1.29 is 4.39 Å². The molecule has 1 aliphatic rings. The van der Waals surface area contributed by atoms with Gasteiger partial charge in [-0.1, -0.05) is 31.4 Å². The van der Waals surface area contributed by atoms with Crippen LogP contribution in [0.2, 0.25) is 0 Å². The zero-order valence-corrected chi connectivity index (χ0v) is 9.73. The number of hydrogen-bond acceptors (Lipinski definition) is 2. The highest BCUT2D eigenvalue weighted by atomic mass is 19.1. The molecule has 3 heteroatoms. The molecular formula is C14H16FNO. The highest BCUT2D eigenvalue weighted by Gasteiger charge is 2.10. The fraction of sp³-hybridized carbons (Fsp3) is 0.429. The average Bonchev–Trinajstić information content (AvgIpc) is 2.38. The second-order valence-electron chi connectivity index (χ2n) is 4.55. The molecule has 2 rings (SSSR count). The molecular weight excluding hydrogens is 217 g/mol. The van der Waals surface area contributed by atoms with E-state index in [-0.39, 0.29) is 5.82 Å². The Balaban J connectivity index is 2.13. The summed E-state index contributed by atoms with van der Waals surface area (Å²) in [6, 6.07) is 4.04. The lowest BCUT2D eigenvalue weighted by molar-refractivity contribution is 0.420. The van der Waals surface area contributed by atoms with Crippen LogP contribution in [0.4, 0.5) is 10.1 Å². The van der Waals surface area contributed by atoms with Gasteiger partial charge in [-0.15, -0.1) is 4.91 Å². The molecule has 1 aliphatic carbocycles. The normalized spacial score (nSPS) is 17.5. The summed E-state index contributed by atoms with van der Waals surface area (Å²) in [5.74, 6) is 0.229. The van der Waals surface area contributed by atoms with Gasteiger partial charge >= 0.3 is 0 Å². The summed E-state index contributed by atoms with van der Waals surface area (Å²) in [4.78, 5) is 10.6. The number of rotatable bonds is 3. The molecule has 0 heterocycles. The number of halogens is 1. The molecule has 2 nitrogen and oxygen atoms in total. The zero-order chi connectivity index (χ0) is 12.1. The minimum absolute atomic E-state index is 0.304. The summed E-state index contributed by atoms with van der Waals surface area (Å²) in [6.07, 6.45) is 10.1. The van der Waals surface area contributed by atoms with Crippen molar-refractivity contribution in [2.75, 3.05) is 0 Å². The van der Waals surface area contributed by atoms with E-state index in [9.17, 15) is 9.30 Å². The van der Waals surface area contributed by atoms with Gasteiger partial charge in [0.15, 0.2) is 0 Å². The van der Waals surface area contributed by atoms with Crippen LogP contribution < -0.4 is 0 Å². The first-order valence-corrected chi connectivity index (χ1v) is 6.11. The number of nitroso groups, excluding NO2 is 1. The Kier molecular flexibility index (Phi) is 4.02. The monoisotopic (exact) mass is 233 g/mol. The van der Waals surface area contributed by atoms with Crippen molar-refractivity contribution in [2.24, 2.45) is 11.1 Å². The van der Waals surface area contributed by atoms with Crippen molar-refractivity contribution in [1.29, 1.82) is 0 Å². The third-order valence-electron chi connectivity index (χ3n) is 3.29. The molecule has 1 saturated carbocycles. The van der Waals surface area contributed by atoms with E-state index >= 15 is 0 Å². The highest BCUT2D eigenvalue weighted by Crippen LogP contribution is 2.27. The van der Waals surface area contributed by atoms with Crippen molar-refractivity contribution in [3.05, 3.63) is 40.6 Å². The fourth-order valence-corrected chi connectivity index (χ4v) is 2.31. The summed E-state index contributed by atoms with van der Waals surface area (Å²) < 4.78 is 13.1. The van der Waals surface area contributed by atoms with Gasteiger partial charge in [0.1, 0.15) is 11.5 Å². The van der Waals surface area contributed by atoms with Gasteiger partial charge in [0.25, 0.3) is 0 Å². The fourth-order valence-electron chi connectivity index (χ4n) is 2.31. The van der Waals surface area contributed by atoms with E-state index < -0.39 is 0 Å². The molecule has 0 aromatic heterocycles. The van der Waals surface area contributed by atoms with Crippen molar-refractivity contribution in [2.45, 2.75) is 32.1 Å². The molecule has 0 saturated heterocycles. The molecule has 0 unspecified atom stereocenters. The molecule has 17 heavy (non-hydrogen) atoms. The first kappa shape index (κ1) is 12.0. The Morgan fingerprint density at radius 3 is 2.71 bits per heavy atom. The Bertz CT molecular complexity index is 422. The average molecular weight is 233 g/mol. The maximum absolute atomic E-state index is 13.1. The number of hydrogen-bond donors (Lipinski definition) is 0. The number of benzene rings is 1. The molecule has 0 bridgehead atoms. The third kappa shape index (κ3) is 3.22. The van der Waals surface area contributed by atoms with E-state index in [4.69, 9.17) is 0 Å². The third-order valence-corrected chi connectivity index (χ3v) is 3.29. The minimum Gasteiger partial charge on any atom is -0.207 e. The zero-order valence-electron chi connectivity index (χ0n) is 9.73. The van der Waals surface area contributed by atoms with E-state index in [0.29, 0.717) is 17.2 Å². The summed E-state index contributed by atoms with van der Waals surface area (Å²) in [7, 11) is 0. The lowest BCUT2D eigenvalue weighted by Crippen LogP contribution is -2.02. The summed E-state index contributed by atoms with van der Waals surface area (Å²) in [6.45, 7) is 0. The van der Waals surface area contributed by atoms with Crippen LogP contribution in [0.5, 0.6) is 0 Å². The summed E-state index contributed by atoms with van der Waals surface area (Å²) in [5.41, 5.74) is 0.879.